The van der Waals surface area contributed by atoms with Gasteiger partial charge in [0.1, 0.15) is 11.2 Å². The Labute approximate surface area is 207 Å². The molecule has 1 saturated heterocycles. The predicted octanol–water partition coefficient (Wildman–Crippen LogP) is 0.317. The number of pyridine rings is 2. The fourth-order valence-electron chi connectivity index (χ4n) is 4.26. The van der Waals surface area contributed by atoms with Gasteiger partial charge < -0.3 is 36.8 Å². The van der Waals surface area contributed by atoms with Gasteiger partial charge in [-0.05, 0) is 44.7 Å². The minimum atomic E-state index is -1.35. The van der Waals surface area contributed by atoms with Crippen LogP contribution in [0.1, 0.15) is 54.9 Å². The van der Waals surface area contributed by atoms with Crippen LogP contribution in [0.15, 0.2) is 17.1 Å². The van der Waals surface area contributed by atoms with Gasteiger partial charge in [-0.1, -0.05) is 6.42 Å². The molecule has 0 bridgehead atoms. The molecule has 0 radical (unpaired) electrons. The van der Waals surface area contributed by atoms with E-state index in [-0.39, 0.29) is 52.7 Å². The van der Waals surface area contributed by atoms with Crippen molar-refractivity contribution in [2.75, 3.05) is 24.5 Å². The maximum atomic E-state index is 15.0. The fourth-order valence-corrected chi connectivity index (χ4v) is 4.26. The van der Waals surface area contributed by atoms with E-state index >= 15 is 4.39 Å². The lowest BCUT2D eigenvalue weighted by atomic mass is 10.1. The van der Waals surface area contributed by atoms with Crippen molar-refractivity contribution in [3.8, 4) is 0 Å². The summed E-state index contributed by atoms with van der Waals surface area (Å²) in [4.78, 5) is 42.6. The van der Waals surface area contributed by atoms with Gasteiger partial charge in [0.2, 0.25) is 11.3 Å². The standard InChI is InChI=1S/C22H29FN6O4.ClH.H2O/c23-16-9-14-18(30)15(22(32)33)11-29(13-4-5-13)19(14)27-20(16)28-8-6-12(10-28)26-21(31)17(25)3-1-2-7-24;;/h9,11-13,17H,1-8,10,24-25H2,(H,26,31)(H,32,33);1H;1H2/t12?,17-;;/m0../s1. The zero-order valence-corrected chi connectivity index (χ0v) is 20.0. The fraction of sp³-hybridized carbons (Fsp3) is 0.545. The molecular weight excluding hydrogens is 483 g/mol. The molecule has 1 aliphatic carbocycles. The van der Waals surface area contributed by atoms with Crippen LogP contribution in [0.5, 0.6) is 0 Å². The number of nitrogens with zero attached hydrogens (tertiary/aromatic N) is 3. The van der Waals surface area contributed by atoms with Gasteiger partial charge in [0.05, 0.1) is 11.4 Å². The number of amides is 1. The molecule has 1 aliphatic heterocycles. The maximum absolute atomic E-state index is 15.0. The number of halogens is 2. The molecule has 2 aliphatic rings. The van der Waals surface area contributed by atoms with Crippen LogP contribution in [-0.4, -0.2) is 63.7 Å². The van der Waals surface area contributed by atoms with Crippen molar-refractivity contribution in [2.24, 2.45) is 11.5 Å². The number of fused-ring (bicyclic) bond motifs is 1. The van der Waals surface area contributed by atoms with Gasteiger partial charge >= 0.3 is 5.97 Å². The monoisotopic (exact) mass is 514 g/mol. The van der Waals surface area contributed by atoms with Crippen molar-refractivity contribution in [1.82, 2.24) is 14.9 Å². The summed E-state index contributed by atoms with van der Waals surface area (Å²) in [7, 11) is 0. The number of hydrogen-bond donors (Lipinski definition) is 4. The lowest BCUT2D eigenvalue weighted by molar-refractivity contribution is -0.123. The third kappa shape index (κ3) is 6.07. The Kier molecular flexibility index (Phi) is 9.55. The first-order chi connectivity index (χ1) is 15.8. The quantitative estimate of drug-likeness (QED) is 0.344. The molecule has 1 saturated carbocycles. The van der Waals surface area contributed by atoms with E-state index in [1.807, 2.05) is 0 Å². The minimum absolute atomic E-state index is 0. The highest BCUT2D eigenvalue weighted by atomic mass is 35.5. The SMILES string of the molecule is Cl.NCCCC[C@H](N)C(=O)NC1CCN(c2nc3c(cc2F)c(=O)c(C(=O)O)cn3C2CC2)C1.O. The summed E-state index contributed by atoms with van der Waals surface area (Å²) in [5.74, 6) is -2.20. The summed E-state index contributed by atoms with van der Waals surface area (Å²) in [5, 5.41) is 12.2. The van der Waals surface area contributed by atoms with E-state index in [4.69, 9.17) is 11.5 Å². The van der Waals surface area contributed by atoms with E-state index in [9.17, 15) is 19.5 Å². The number of carbonyl (C=O) groups is 2. The topological polar surface area (TPSA) is 188 Å². The van der Waals surface area contributed by atoms with Crippen LogP contribution in [0.25, 0.3) is 11.0 Å². The van der Waals surface area contributed by atoms with Crippen molar-refractivity contribution >= 4 is 41.1 Å². The lowest BCUT2D eigenvalue weighted by Crippen LogP contribution is -2.46. The average Bonchev–Trinajstić information content (AvgIpc) is 3.52. The number of rotatable bonds is 9. The van der Waals surface area contributed by atoms with E-state index < -0.39 is 28.8 Å². The second kappa shape index (κ2) is 11.8. The van der Waals surface area contributed by atoms with Crippen molar-refractivity contribution in [1.29, 1.82) is 0 Å². The highest BCUT2D eigenvalue weighted by Gasteiger charge is 2.31. The van der Waals surface area contributed by atoms with Crippen molar-refractivity contribution < 1.29 is 24.6 Å². The first kappa shape index (κ1) is 28.4. The van der Waals surface area contributed by atoms with Crippen molar-refractivity contribution in [3.05, 3.63) is 33.9 Å². The Morgan fingerprint density at radius 1 is 1.29 bits per heavy atom. The van der Waals surface area contributed by atoms with Crippen molar-refractivity contribution in [3.63, 3.8) is 0 Å². The van der Waals surface area contributed by atoms with Crippen LogP contribution in [-0.2, 0) is 4.79 Å². The molecule has 2 aromatic rings. The number of unbranched alkanes of at least 4 members (excludes halogenated alkanes) is 1. The molecule has 13 heteroatoms. The highest BCUT2D eigenvalue weighted by molar-refractivity contribution is 5.92. The molecule has 2 aromatic heterocycles. The molecule has 2 atom stereocenters. The summed E-state index contributed by atoms with van der Waals surface area (Å²) in [6, 6.07) is 0.306. The molecule has 11 nitrogen and oxygen atoms in total. The second-order valence-corrected chi connectivity index (χ2v) is 8.81. The van der Waals surface area contributed by atoms with Crippen LogP contribution in [0.2, 0.25) is 0 Å². The summed E-state index contributed by atoms with van der Waals surface area (Å²) in [5.41, 5.74) is 10.6. The van der Waals surface area contributed by atoms with Crippen molar-refractivity contribution in [2.45, 2.75) is 56.7 Å². The van der Waals surface area contributed by atoms with E-state index in [0.717, 1.165) is 31.7 Å². The predicted molar refractivity (Wildman–Crippen MR) is 132 cm³/mol. The minimum Gasteiger partial charge on any atom is -0.477 e. The molecule has 1 unspecified atom stereocenters. The summed E-state index contributed by atoms with van der Waals surface area (Å²) < 4.78 is 16.7. The van der Waals surface area contributed by atoms with Gasteiger partial charge in [0.15, 0.2) is 11.6 Å². The van der Waals surface area contributed by atoms with Crippen LogP contribution >= 0.6 is 12.4 Å². The van der Waals surface area contributed by atoms with Crippen LogP contribution in [0.3, 0.4) is 0 Å². The van der Waals surface area contributed by atoms with Crippen LogP contribution < -0.4 is 27.1 Å². The Hall–Kier alpha value is -2.80. The third-order valence-corrected chi connectivity index (χ3v) is 6.25. The first-order valence-corrected chi connectivity index (χ1v) is 11.3. The molecule has 2 fully saturated rings. The number of carboxylic acid groups (broad SMARTS) is 1. The number of hydrogen-bond acceptors (Lipinski definition) is 7. The maximum Gasteiger partial charge on any atom is 0.341 e. The summed E-state index contributed by atoms with van der Waals surface area (Å²) >= 11 is 0. The molecule has 0 spiro atoms. The van der Waals surface area contributed by atoms with E-state index in [2.05, 4.69) is 10.3 Å². The van der Waals surface area contributed by atoms with Gasteiger partial charge in [-0.15, -0.1) is 12.4 Å². The average molecular weight is 515 g/mol. The molecule has 194 valence electrons. The molecule has 1 amide bonds. The number of carbonyl (C=O) groups excluding carboxylic acids is 1. The largest absolute Gasteiger partial charge is 0.477 e. The van der Waals surface area contributed by atoms with Crippen LogP contribution in [0.4, 0.5) is 10.2 Å². The Balaban J connectivity index is 0.00000216. The molecule has 8 N–H and O–H groups in total. The number of nitrogens with one attached hydrogen (secondary N) is 1. The number of aromatic carboxylic acids is 1. The smallest absolute Gasteiger partial charge is 0.341 e. The molecule has 0 aromatic carbocycles. The van der Waals surface area contributed by atoms with Crippen LogP contribution in [0, 0.1) is 5.82 Å². The normalized spacial score (nSPS) is 18.0. The van der Waals surface area contributed by atoms with Gasteiger partial charge in [-0.3, -0.25) is 9.59 Å². The Morgan fingerprint density at radius 2 is 2.00 bits per heavy atom. The Bertz CT molecular complexity index is 1140. The van der Waals surface area contributed by atoms with Gasteiger partial charge in [0, 0.05) is 31.4 Å². The molecule has 3 heterocycles. The highest BCUT2D eigenvalue weighted by Crippen LogP contribution is 2.37. The zero-order valence-electron chi connectivity index (χ0n) is 19.2. The first-order valence-electron chi connectivity index (χ1n) is 11.3. The summed E-state index contributed by atoms with van der Waals surface area (Å²) in [6.45, 7) is 1.39. The number of aromatic nitrogens is 2. The van der Waals surface area contributed by atoms with E-state index in [1.54, 1.807) is 9.47 Å². The molecule has 4 rings (SSSR count). The number of nitrogens with two attached hydrogens (primary N) is 2. The van der Waals surface area contributed by atoms with Gasteiger partial charge in [0.25, 0.3) is 0 Å². The zero-order chi connectivity index (χ0) is 23.7. The third-order valence-electron chi connectivity index (χ3n) is 6.25. The lowest BCUT2D eigenvalue weighted by Gasteiger charge is -2.21. The van der Waals surface area contributed by atoms with Gasteiger partial charge in [-0.25, -0.2) is 14.2 Å². The molecule has 35 heavy (non-hydrogen) atoms. The van der Waals surface area contributed by atoms with E-state index in [0.29, 0.717) is 32.5 Å². The van der Waals surface area contributed by atoms with Gasteiger partial charge in [-0.2, -0.15) is 0 Å². The Morgan fingerprint density at radius 3 is 2.63 bits per heavy atom. The number of anilines is 1. The van der Waals surface area contributed by atoms with E-state index in [1.165, 1.54) is 6.20 Å². The summed E-state index contributed by atoms with van der Waals surface area (Å²) in [6.07, 6.45) is 5.73. The second-order valence-electron chi connectivity index (χ2n) is 8.81. The molecular formula is C22H32ClFN6O5. The number of carboxylic acids is 1.